The summed E-state index contributed by atoms with van der Waals surface area (Å²) in [7, 11) is 0. The standard InChI is InChI=1S/C15H31NO2/c1-3-4-5-8-11-14(2)18-15(17)12-9-6-7-10-13-16/h14H,3-13,16H2,1-2H3. The number of ether oxygens (including phenoxy) is 1. The first kappa shape index (κ1) is 17.4. The maximum atomic E-state index is 11.5. The number of hydrogen-bond donors (Lipinski definition) is 1. The normalized spacial score (nSPS) is 12.4. The third kappa shape index (κ3) is 11.9. The van der Waals surface area contributed by atoms with Gasteiger partial charge in [0.1, 0.15) is 0 Å². The third-order valence-electron chi connectivity index (χ3n) is 3.13. The Hall–Kier alpha value is -0.570. The van der Waals surface area contributed by atoms with Crippen LogP contribution in [0, 0.1) is 0 Å². The molecular formula is C15H31NO2. The minimum atomic E-state index is -0.0364. The van der Waals surface area contributed by atoms with Crippen molar-refractivity contribution in [3.05, 3.63) is 0 Å². The molecule has 0 fully saturated rings. The van der Waals surface area contributed by atoms with Crippen LogP contribution in [0.4, 0.5) is 0 Å². The Morgan fingerprint density at radius 2 is 1.72 bits per heavy atom. The maximum absolute atomic E-state index is 11.5. The molecule has 1 unspecified atom stereocenters. The highest BCUT2D eigenvalue weighted by atomic mass is 16.5. The number of nitrogens with two attached hydrogens (primary N) is 1. The summed E-state index contributed by atoms with van der Waals surface area (Å²) in [4.78, 5) is 11.5. The van der Waals surface area contributed by atoms with Crippen LogP contribution in [0.15, 0.2) is 0 Å². The Kier molecular flexibility index (Phi) is 12.5. The average molecular weight is 257 g/mol. The highest BCUT2D eigenvalue weighted by molar-refractivity contribution is 5.69. The van der Waals surface area contributed by atoms with Crippen molar-refractivity contribution in [2.45, 2.75) is 84.2 Å². The Morgan fingerprint density at radius 3 is 2.39 bits per heavy atom. The molecule has 2 N–H and O–H groups in total. The van der Waals surface area contributed by atoms with Gasteiger partial charge in [0, 0.05) is 6.42 Å². The number of carbonyl (C=O) groups excluding carboxylic acids is 1. The fourth-order valence-corrected chi connectivity index (χ4v) is 1.97. The quantitative estimate of drug-likeness (QED) is 0.427. The summed E-state index contributed by atoms with van der Waals surface area (Å²) in [5, 5.41) is 0. The van der Waals surface area contributed by atoms with Crippen molar-refractivity contribution in [2.75, 3.05) is 6.54 Å². The van der Waals surface area contributed by atoms with Crippen LogP contribution in [-0.4, -0.2) is 18.6 Å². The van der Waals surface area contributed by atoms with E-state index < -0.39 is 0 Å². The summed E-state index contributed by atoms with van der Waals surface area (Å²) >= 11 is 0. The second-order valence-electron chi connectivity index (χ2n) is 5.10. The maximum Gasteiger partial charge on any atom is 0.306 e. The van der Waals surface area contributed by atoms with Crippen LogP contribution in [0.1, 0.15) is 78.1 Å². The van der Waals surface area contributed by atoms with E-state index >= 15 is 0 Å². The summed E-state index contributed by atoms with van der Waals surface area (Å²) in [6, 6.07) is 0. The topological polar surface area (TPSA) is 52.3 Å². The average Bonchev–Trinajstić information content (AvgIpc) is 2.34. The molecule has 0 saturated heterocycles. The molecule has 3 nitrogen and oxygen atoms in total. The molecule has 0 aliphatic rings. The van der Waals surface area contributed by atoms with Gasteiger partial charge in [0.25, 0.3) is 0 Å². The van der Waals surface area contributed by atoms with Crippen molar-refractivity contribution in [3.8, 4) is 0 Å². The predicted molar refractivity (Wildman–Crippen MR) is 76.5 cm³/mol. The van der Waals surface area contributed by atoms with Crippen molar-refractivity contribution in [2.24, 2.45) is 5.73 Å². The van der Waals surface area contributed by atoms with Crippen LogP contribution in [0.3, 0.4) is 0 Å². The molecule has 0 aliphatic carbocycles. The number of rotatable bonds is 12. The van der Waals surface area contributed by atoms with E-state index in [2.05, 4.69) is 6.92 Å². The van der Waals surface area contributed by atoms with Crippen LogP contribution >= 0.6 is 0 Å². The van der Waals surface area contributed by atoms with Gasteiger partial charge in [-0.25, -0.2) is 0 Å². The minimum absolute atomic E-state index is 0.0364. The number of unbranched alkanes of at least 4 members (excludes halogenated alkanes) is 6. The van der Waals surface area contributed by atoms with E-state index in [-0.39, 0.29) is 12.1 Å². The first-order valence-electron chi connectivity index (χ1n) is 7.60. The van der Waals surface area contributed by atoms with Crippen molar-refractivity contribution < 1.29 is 9.53 Å². The molecule has 0 aliphatic heterocycles. The fourth-order valence-electron chi connectivity index (χ4n) is 1.97. The first-order chi connectivity index (χ1) is 8.70. The highest BCUT2D eigenvalue weighted by Gasteiger charge is 2.08. The molecule has 3 heteroatoms. The van der Waals surface area contributed by atoms with Gasteiger partial charge >= 0.3 is 5.97 Å². The summed E-state index contributed by atoms with van der Waals surface area (Å²) in [5.41, 5.74) is 5.41. The van der Waals surface area contributed by atoms with Gasteiger partial charge in [-0.1, -0.05) is 39.0 Å². The molecule has 0 aromatic carbocycles. The zero-order valence-corrected chi connectivity index (χ0v) is 12.2. The number of hydrogen-bond acceptors (Lipinski definition) is 3. The van der Waals surface area contributed by atoms with Crippen LogP contribution in [-0.2, 0) is 9.53 Å². The van der Waals surface area contributed by atoms with Crippen molar-refractivity contribution in [1.82, 2.24) is 0 Å². The highest BCUT2D eigenvalue weighted by Crippen LogP contribution is 2.10. The number of carbonyl (C=O) groups is 1. The van der Waals surface area contributed by atoms with E-state index in [1.807, 2.05) is 6.92 Å². The molecule has 18 heavy (non-hydrogen) atoms. The molecule has 0 saturated carbocycles. The molecular weight excluding hydrogens is 226 g/mol. The molecule has 0 bridgehead atoms. The predicted octanol–water partition coefficient (Wildman–Crippen LogP) is 3.80. The largest absolute Gasteiger partial charge is 0.463 e. The summed E-state index contributed by atoms with van der Waals surface area (Å²) in [6.07, 6.45) is 10.8. The van der Waals surface area contributed by atoms with E-state index in [0.29, 0.717) is 6.42 Å². The molecule has 0 spiro atoms. The fraction of sp³-hybridized carbons (Fsp3) is 0.933. The van der Waals surface area contributed by atoms with E-state index in [1.54, 1.807) is 0 Å². The van der Waals surface area contributed by atoms with Gasteiger partial charge in [-0.15, -0.1) is 0 Å². The number of esters is 1. The van der Waals surface area contributed by atoms with Gasteiger partial charge in [0.15, 0.2) is 0 Å². The van der Waals surface area contributed by atoms with Crippen LogP contribution in [0.2, 0.25) is 0 Å². The molecule has 0 rings (SSSR count). The zero-order valence-electron chi connectivity index (χ0n) is 12.2. The molecule has 1 atom stereocenters. The van der Waals surface area contributed by atoms with Crippen molar-refractivity contribution >= 4 is 5.97 Å². The van der Waals surface area contributed by atoms with Crippen LogP contribution < -0.4 is 5.73 Å². The monoisotopic (exact) mass is 257 g/mol. The Bertz CT molecular complexity index is 195. The Labute approximate surface area is 112 Å². The van der Waals surface area contributed by atoms with E-state index in [4.69, 9.17) is 10.5 Å². The summed E-state index contributed by atoms with van der Waals surface area (Å²) in [5.74, 6) is -0.0364. The first-order valence-corrected chi connectivity index (χ1v) is 7.60. The van der Waals surface area contributed by atoms with E-state index in [0.717, 1.165) is 38.6 Å². The minimum Gasteiger partial charge on any atom is -0.463 e. The van der Waals surface area contributed by atoms with Gasteiger partial charge in [-0.2, -0.15) is 0 Å². The smallest absolute Gasteiger partial charge is 0.306 e. The van der Waals surface area contributed by atoms with Crippen molar-refractivity contribution in [3.63, 3.8) is 0 Å². The van der Waals surface area contributed by atoms with Gasteiger partial charge < -0.3 is 10.5 Å². The lowest BCUT2D eigenvalue weighted by atomic mass is 10.1. The lowest BCUT2D eigenvalue weighted by Gasteiger charge is -2.13. The van der Waals surface area contributed by atoms with Crippen LogP contribution in [0.25, 0.3) is 0 Å². The Balaban J connectivity index is 3.37. The lowest BCUT2D eigenvalue weighted by Crippen LogP contribution is -2.14. The molecule has 0 aromatic rings. The van der Waals surface area contributed by atoms with Crippen LogP contribution in [0.5, 0.6) is 0 Å². The molecule has 0 amide bonds. The van der Waals surface area contributed by atoms with E-state index in [9.17, 15) is 4.79 Å². The van der Waals surface area contributed by atoms with Gasteiger partial charge in [-0.3, -0.25) is 4.79 Å². The second kappa shape index (κ2) is 12.9. The summed E-state index contributed by atoms with van der Waals surface area (Å²) in [6.45, 7) is 4.95. The van der Waals surface area contributed by atoms with Gasteiger partial charge in [0.05, 0.1) is 6.10 Å². The molecule has 0 radical (unpaired) electrons. The second-order valence-corrected chi connectivity index (χ2v) is 5.10. The SMILES string of the molecule is CCCCCCC(C)OC(=O)CCCCCCN. The molecule has 0 aromatic heterocycles. The van der Waals surface area contributed by atoms with Gasteiger partial charge in [0.2, 0.25) is 0 Å². The third-order valence-corrected chi connectivity index (χ3v) is 3.13. The molecule has 108 valence electrons. The van der Waals surface area contributed by atoms with Gasteiger partial charge in [-0.05, 0) is 39.2 Å². The van der Waals surface area contributed by atoms with Crippen molar-refractivity contribution in [1.29, 1.82) is 0 Å². The lowest BCUT2D eigenvalue weighted by molar-refractivity contribution is -0.148. The molecule has 0 heterocycles. The Morgan fingerprint density at radius 1 is 1.06 bits per heavy atom. The zero-order chi connectivity index (χ0) is 13.6. The van der Waals surface area contributed by atoms with E-state index in [1.165, 1.54) is 25.7 Å². The summed E-state index contributed by atoms with van der Waals surface area (Å²) < 4.78 is 5.37.